The lowest BCUT2D eigenvalue weighted by atomic mass is 10.1. The number of nitrogens with one attached hydrogen (secondary N) is 1. The molecule has 0 aliphatic carbocycles. The number of nitrogens with zero attached hydrogens (tertiary/aromatic N) is 1. The van der Waals surface area contributed by atoms with Gasteiger partial charge in [0.1, 0.15) is 25.1 Å². The number of nitrogens with two attached hydrogens (primary N) is 1. The number of hydrogen-bond acceptors (Lipinski definition) is 5. The maximum Gasteiger partial charge on any atom is 0.323 e. The van der Waals surface area contributed by atoms with E-state index in [2.05, 4.69) is 10.5 Å². The summed E-state index contributed by atoms with van der Waals surface area (Å²) < 4.78 is 5.25. The van der Waals surface area contributed by atoms with Crippen LogP contribution in [-0.2, 0) is 27.6 Å². The van der Waals surface area contributed by atoms with Crippen LogP contribution >= 0.6 is 12.4 Å². The van der Waals surface area contributed by atoms with Crippen LogP contribution in [0.4, 0.5) is 0 Å². The molecule has 0 aromatic heterocycles. The van der Waals surface area contributed by atoms with E-state index in [0.717, 1.165) is 36.3 Å². The number of esters is 1. The number of carbonyl (C=O) groups excluding carboxylic acids is 1. The standard InChI is InChI=1S/C22H29N3O3.ClH/c1-18(25-28-17-20-12-6-3-7-13-20)24-15-9-8-14-21(23)22(26)27-16-19-10-4-2-5-11-19;/h2-7,10-13,21H,8-9,14-17,23H2,1H3,(H,24,25);1H. The van der Waals surface area contributed by atoms with Crippen molar-refractivity contribution in [1.29, 1.82) is 0 Å². The predicted molar refractivity (Wildman–Crippen MR) is 118 cm³/mol. The molecule has 0 saturated carbocycles. The lowest BCUT2D eigenvalue weighted by Gasteiger charge is -2.12. The first-order valence-electron chi connectivity index (χ1n) is 9.55. The molecule has 0 amide bonds. The quantitative estimate of drug-likeness (QED) is 0.190. The summed E-state index contributed by atoms with van der Waals surface area (Å²) in [5.41, 5.74) is 7.94. The van der Waals surface area contributed by atoms with Gasteiger partial charge in [0.15, 0.2) is 0 Å². The monoisotopic (exact) mass is 419 g/mol. The van der Waals surface area contributed by atoms with Gasteiger partial charge >= 0.3 is 5.97 Å². The minimum absolute atomic E-state index is 0. The molecule has 0 bridgehead atoms. The number of oxime groups is 1. The van der Waals surface area contributed by atoms with Gasteiger partial charge in [-0.3, -0.25) is 4.79 Å². The number of carbonyl (C=O) groups is 1. The molecular formula is C22H30ClN3O3. The van der Waals surface area contributed by atoms with Crippen molar-refractivity contribution in [3.05, 3.63) is 71.8 Å². The molecule has 29 heavy (non-hydrogen) atoms. The lowest BCUT2D eigenvalue weighted by molar-refractivity contribution is -0.146. The second-order valence-electron chi connectivity index (χ2n) is 6.56. The highest BCUT2D eigenvalue weighted by atomic mass is 35.5. The molecule has 0 fully saturated rings. The van der Waals surface area contributed by atoms with Gasteiger partial charge in [0.2, 0.25) is 0 Å². The normalized spacial score (nSPS) is 11.9. The van der Waals surface area contributed by atoms with Crippen LogP contribution in [0.15, 0.2) is 65.8 Å². The average molecular weight is 420 g/mol. The summed E-state index contributed by atoms with van der Waals surface area (Å²) in [5.74, 6) is 0.367. The van der Waals surface area contributed by atoms with Gasteiger partial charge in [-0.05, 0) is 37.3 Å². The number of halogens is 1. The van der Waals surface area contributed by atoms with Crippen LogP contribution in [0.2, 0.25) is 0 Å². The van der Waals surface area contributed by atoms with E-state index in [9.17, 15) is 4.79 Å². The van der Waals surface area contributed by atoms with E-state index >= 15 is 0 Å². The highest BCUT2D eigenvalue weighted by Gasteiger charge is 2.14. The van der Waals surface area contributed by atoms with E-state index in [0.29, 0.717) is 13.0 Å². The van der Waals surface area contributed by atoms with Crippen molar-refractivity contribution in [3.8, 4) is 0 Å². The maximum atomic E-state index is 11.9. The summed E-state index contributed by atoms with van der Waals surface area (Å²) in [6, 6.07) is 18.9. The highest BCUT2D eigenvalue weighted by molar-refractivity contribution is 5.85. The molecule has 2 aromatic rings. The van der Waals surface area contributed by atoms with Crippen molar-refractivity contribution in [2.75, 3.05) is 6.54 Å². The Morgan fingerprint density at radius 2 is 1.59 bits per heavy atom. The summed E-state index contributed by atoms with van der Waals surface area (Å²) in [5, 5.41) is 7.23. The van der Waals surface area contributed by atoms with Gasteiger partial charge < -0.3 is 20.6 Å². The van der Waals surface area contributed by atoms with E-state index < -0.39 is 6.04 Å². The molecule has 0 heterocycles. The van der Waals surface area contributed by atoms with Gasteiger partial charge in [-0.25, -0.2) is 0 Å². The minimum Gasteiger partial charge on any atom is -0.460 e. The summed E-state index contributed by atoms with van der Waals surface area (Å²) >= 11 is 0. The predicted octanol–water partition coefficient (Wildman–Crippen LogP) is 3.79. The molecule has 158 valence electrons. The van der Waals surface area contributed by atoms with Crippen LogP contribution in [0, 0.1) is 0 Å². The number of benzene rings is 2. The van der Waals surface area contributed by atoms with E-state index in [1.165, 1.54) is 0 Å². The molecule has 0 aliphatic rings. The zero-order chi connectivity index (χ0) is 20.0. The summed E-state index contributed by atoms with van der Waals surface area (Å²) in [6.45, 7) is 3.31. The van der Waals surface area contributed by atoms with Crippen LogP contribution in [-0.4, -0.2) is 24.4 Å². The molecule has 6 nitrogen and oxygen atoms in total. The van der Waals surface area contributed by atoms with E-state index in [1.54, 1.807) is 0 Å². The molecule has 0 spiro atoms. The molecule has 1 atom stereocenters. The SMILES string of the molecule is C/C(=N\OCc1ccccc1)NCCCCC(N)C(=O)OCc1ccccc1.Cl. The van der Waals surface area contributed by atoms with Gasteiger partial charge in [0.05, 0.1) is 0 Å². The van der Waals surface area contributed by atoms with Crippen LogP contribution in [0.1, 0.15) is 37.3 Å². The average Bonchev–Trinajstić information content (AvgIpc) is 2.73. The highest BCUT2D eigenvalue weighted by Crippen LogP contribution is 2.05. The van der Waals surface area contributed by atoms with Crippen molar-refractivity contribution in [2.45, 2.75) is 45.4 Å². The fraction of sp³-hybridized carbons (Fsp3) is 0.364. The molecule has 7 heteroatoms. The van der Waals surface area contributed by atoms with Crippen LogP contribution in [0.3, 0.4) is 0 Å². The van der Waals surface area contributed by atoms with E-state index in [4.69, 9.17) is 15.3 Å². The Bertz CT molecular complexity index is 727. The molecule has 0 radical (unpaired) electrons. The van der Waals surface area contributed by atoms with Crippen molar-refractivity contribution >= 4 is 24.2 Å². The molecule has 0 aliphatic heterocycles. The minimum atomic E-state index is -0.590. The summed E-state index contributed by atoms with van der Waals surface area (Å²) in [7, 11) is 0. The first kappa shape index (κ1) is 24.5. The van der Waals surface area contributed by atoms with E-state index in [-0.39, 0.29) is 25.0 Å². The Labute approximate surface area is 178 Å². The second-order valence-corrected chi connectivity index (χ2v) is 6.56. The topological polar surface area (TPSA) is 85.9 Å². The zero-order valence-corrected chi connectivity index (χ0v) is 17.6. The first-order valence-corrected chi connectivity index (χ1v) is 9.55. The molecule has 2 rings (SSSR count). The van der Waals surface area contributed by atoms with Crippen LogP contribution < -0.4 is 11.1 Å². The summed E-state index contributed by atoms with van der Waals surface area (Å²) in [4.78, 5) is 17.2. The Kier molecular flexibility index (Phi) is 12.2. The summed E-state index contributed by atoms with van der Waals surface area (Å²) in [6.07, 6.45) is 2.30. The third-order valence-electron chi connectivity index (χ3n) is 4.12. The van der Waals surface area contributed by atoms with Crippen molar-refractivity contribution < 1.29 is 14.4 Å². The first-order chi connectivity index (χ1) is 13.6. The molecular weight excluding hydrogens is 390 g/mol. The van der Waals surface area contributed by atoms with E-state index in [1.807, 2.05) is 67.6 Å². The Morgan fingerprint density at radius 1 is 1.00 bits per heavy atom. The van der Waals surface area contributed by atoms with Crippen molar-refractivity contribution in [1.82, 2.24) is 5.32 Å². The Morgan fingerprint density at radius 3 is 2.21 bits per heavy atom. The molecule has 0 saturated heterocycles. The number of unbranched alkanes of at least 4 members (excludes halogenated alkanes) is 1. The van der Waals surface area contributed by atoms with Crippen LogP contribution in [0.5, 0.6) is 0 Å². The fourth-order valence-electron chi connectivity index (χ4n) is 2.52. The number of rotatable bonds is 11. The van der Waals surface area contributed by atoms with Crippen molar-refractivity contribution in [3.63, 3.8) is 0 Å². The smallest absolute Gasteiger partial charge is 0.323 e. The second kappa shape index (κ2) is 14.4. The van der Waals surface area contributed by atoms with Crippen molar-refractivity contribution in [2.24, 2.45) is 10.9 Å². The van der Waals surface area contributed by atoms with Gasteiger partial charge in [-0.2, -0.15) is 0 Å². The van der Waals surface area contributed by atoms with Gasteiger partial charge in [-0.15, -0.1) is 12.4 Å². The third kappa shape index (κ3) is 10.5. The molecule has 2 aromatic carbocycles. The number of ether oxygens (including phenoxy) is 1. The number of hydrogen-bond donors (Lipinski definition) is 2. The molecule has 1 unspecified atom stereocenters. The fourth-order valence-corrected chi connectivity index (χ4v) is 2.52. The van der Waals surface area contributed by atoms with Gasteiger partial charge in [0, 0.05) is 6.54 Å². The Balaban J connectivity index is 0.00000420. The maximum absolute atomic E-state index is 11.9. The Hall–Kier alpha value is -2.57. The largest absolute Gasteiger partial charge is 0.460 e. The zero-order valence-electron chi connectivity index (χ0n) is 16.8. The molecule has 3 N–H and O–H groups in total. The van der Waals surface area contributed by atoms with Gasteiger partial charge in [0.25, 0.3) is 0 Å². The number of amidine groups is 1. The lowest BCUT2D eigenvalue weighted by Crippen LogP contribution is -2.32. The van der Waals surface area contributed by atoms with Crippen LogP contribution in [0.25, 0.3) is 0 Å². The third-order valence-corrected chi connectivity index (χ3v) is 4.12. The van der Waals surface area contributed by atoms with Gasteiger partial charge in [-0.1, -0.05) is 65.8 Å².